The summed E-state index contributed by atoms with van der Waals surface area (Å²) in [6.45, 7) is 6.41. The van der Waals surface area contributed by atoms with Gasteiger partial charge in [-0.05, 0) is 18.9 Å². The predicted molar refractivity (Wildman–Crippen MR) is 100 cm³/mol. The van der Waals surface area contributed by atoms with Crippen molar-refractivity contribution in [3.63, 3.8) is 0 Å². The quantitative estimate of drug-likeness (QED) is 0.809. The Hall–Kier alpha value is -2.09. The van der Waals surface area contributed by atoms with Crippen LogP contribution >= 0.6 is 11.3 Å². The first kappa shape index (κ1) is 19.7. The van der Waals surface area contributed by atoms with Crippen molar-refractivity contribution >= 4 is 17.4 Å². The van der Waals surface area contributed by atoms with E-state index in [4.69, 9.17) is 0 Å². The lowest BCUT2D eigenvalue weighted by atomic mass is 9.87. The van der Waals surface area contributed by atoms with Gasteiger partial charge in [-0.3, -0.25) is 0 Å². The van der Waals surface area contributed by atoms with Gasteiger partial charge < -0.3 is 10.6 Å². The molecule has 1 aliphatic rings. The molecular weight excluding hydrogens is 370 g/mol. The molecule has 2 N–H and O–H groups in total. The highest BCUT2D eigenvalue weighted by molar-refractivity contribution is 7.11. The van der Waals surface area contributed by atoms with Crippen molar-refractivity contribution in [1.82, 2.24) is 20.8 Å². The smallest absolute Gasteiger partial charge is 0.315 e. The van der Waals surface area contributed by atoms with E-state index in [1.54, 1.807) is 0 Å². The molecule has 1 heterocycles. The van der Waals surface area contributed by atoms with Gasteiger partial charge in [0.1, 0.15) is 21.6 Å². The van der Waals surface area contributed by atoms with Crippen LogP contribution < -0.4 is 10.6 Å². The van der Waals surface area contributed by atoms with Crippen molar-refractivity contribution in [3.8, 4) is 0 Å². The highest BCUT2D eigenvalue weighted by Crippen LogP contribution is 2.40. The predicted octanol–water partition coefficient (Wildman–Crippen LogP) is 4.38. The zero-order valence-corrected chi connectivity index (χ0v) is 16.6. The molecule has 1 aromatic heterocycles. The fourth-order valence-electron chi connectivity index (χ4n) is 3.36. The van der Waals surface area contributed by atoms with Crippen LogP contribution in [0.4, 0.5) is 13.6 Å². The second-order valence-electron chi connectivity index (χ2n) is 7.97. The second kappa shape index (κ2) is 7.50. The highest BCUT2D eigenvalue weighted by atomic mass is 32.1. The van der Waals surface area contributed by atoms with E-state index in [-0.39, 0.29) is 12.0 Å². The van der Waals surface area contributed by atoms with Gasteiger partial charge in [-0.1, -0.05) is 51.0 Å². The van der Waals surface area contributed by atoms with Crippen molar-refractivity contribution in [3.05, 3.63) is 45.4 Å². The van der Waals surface area contributed by atoms with Crippen LogP contribution in [0.25, 0.3) is 0 Å². The number of carbonyl (C=O) groups is 1. The third-order valence-corrected chi connectivity index (χ3v) is 6.11. The largest absolute Gasteiger partial charge is 0.332 e. The zero-order chi connectivity index (χ0) is 19.7. The van der Waals surface area contributed by atoms with E-state index < -0.39 is 23.2 Å². The fourth-order valence-corrected chi connectivity index (χ4v) is 4.20. The lowest BCUT2D eigenvalue weighted by molar-refractivity contribution is 0.223. The van der Waals surface area contributed by atoms with Gasteiger partial charge in [0.15, 0.2) is 0 Å². The number of nitrogens with zero attached hydrogens (tertiary/aromatic N) is 2. The molecular formula is C19H24F2N4OS. The molecule has 2 amide bonds. The van der Waals surface area contributed by atoms with E-state index in [1.165, 1.54) is 23.5 Å². The Balaban J connectivity index is 1.68. The molecule has 1 fully saturated rings. The third-order valence-electron chi connectivity index (χ3n) is 4.77. The summed E-state index contributed by atoms with van der Waals surface area (Å²) in [6.07, 6.45) is 3.00. The Bertz CT molecular complexity index is 825. The average molecular weight is 394 g/mol. The number of halogens is 2. The van der Waals surface area contributed by atoms with Crippen LogP contribution in [0.2, 0.25) is 0 Å². The number of aromatic nitrogens is 2. The molecule has 0 saturated heterocycles. The molecule has 1 aliphatic carbocycles. The first-order valence-electron chi connectivity index (χ1n) is 9.04. The highest BCUT2D eigenvalue weighted by Gasteiger charge is 2.39. The molecule has 3 rings (SSSR count). The van der Waals surface area contributed by atoms with Gasteiger partial charge in [0, 0.05) is 17.0 Å². The van der Waals surface area contributed by atoms with Gasteiger partial charge in [-0.25, -0.2) is 13.6 Å². The maximum atomic E-state index is 14.3. The molecule has 0 spiro atoms. The molecule has 1 aromatic carbocycles. The number of nitrogens with one attached hydrogen (secondary N) is 2. The molecule has 27 heavy (non-hydrogen) atoms. The van der Waals surface area contributed by atoms with Crippen LogP contribution in [0.5, 0.6) is 0 Å². The van der Waals surface area contributed by atoms with Gasteiger partial charge in [-0.2, -0.15) is 0 Å². The molecule has 0 unspecified atom stereocenters. The number of hydrogen-bond acceptors (Lipinski definition) is 4. The van der Waals surface area contributed by atoms with Crippen molar-refractivity contribution in [2.75, 3.05) is 0 Å². The molecule has 8 heteroatoms. The Morgan fingerprint density at radius 1 is 1.22 bits per heavy atom. The van der Waals surface area contributed by atoms with Crippen molar-refractivity contribution in [2.45, 2.75) is 64.0 Å². The van der Waals surface area contributed by atoms with Gasteiger partial charge in [0.05, 0.1) is 12.1 Å². The Kier molecular flexibility index (Phi) is 5.46. The molecule has 0 atom stereocenters. The minimum atomic E-state index is -0.806. The maximum Gasteiger partial charge on any atom is 0.315 e. The Morgan fingerprint density at radius 2 is 1.93 bits per heavy atom. The van der Waals surface area contributed by atoms with E-state index in [0.717, 1.165) is 23.9 Å². The van der Waals surface area contributed by atoms with Gasteiger partial charge in [-0.15, -0.1) is 10.2 Å². The summed E-state index contributed by atoms with van der Waals surface area (Å²) in [5, 5.41) is 15.6. The van der Waals surface area contributed by atoms with Crippen molar-refractivity contribution < 1.29 is 13.6 Å². The van der Waals surface area contributed by atoms with Crippen molar-refractivity contribution in [2.24, 2.45) is 0 Å². The van der Waals surface area contributed by atoms with Crippen LogP contribution in [0, 0.1) is 11.6 Å². The molecule has 5 nitrogen and oxygen atoms in total. The van der Waals surface area contributed by atoms with Gasteiger partial charge >= 0.3 is 6.03 Å². The Labute approximate surface area is 161 Å². The minimum Gasteiger partial charge on any atom is -0.332 e. The molecule has 0 radical (unpaired) electrons. The van der Waals surface area contributed by atoms with Crippen LogP contribution in [0.15, 0.2) is 18.2 Å². The molecule has 1 saturated carbocycles. The number of carbonyl (C=O) groups excluding carboxylic acids is 1. The minimum absolute atomic E-state index is 0.0911. The van der Waals surface area contributed by atoms with Gasteiger partial charge in [0.25, 0.3) is 0 Å². The molecule has 2 aromatic rings. The van der Waals surface area contributed by atoms with E-state index >= 15 is 0 Å². The summed E-state index contributed by atoms with van der Waals surface area (Å²) in [4.78, 5) is 12.5. The van der Waals surface area contributed by atoms with E-state index in [1.807, 2.05) is 0 Å². The van der Waals surface area contributed by atoms with Crippen molar-refractivity contribution in [1.29, 1.82) is 0 Å². The van der Waals surface area contributed by atoms with E-state index in [0.29, 0.717) is 23.4 Å². The fraction of sp³-hybridized carbons (Fsp3) is 0.526. The van der Waals surface area contributed by atoms with E-state index in [9.17, 15) is 13.6 Å². The van der Waals surface area contributed by atoms with E-state index in [2.05, 4.69) is 41.6 Å². The zero-order valence-electron chi connectivity index (χ0n) is 15.7. The number of hydrogen-bond donors (Lipinski definition) is 2. The summed E-state index contributed by atoms with van der Waals surface area (Å²) in [6, 6.07) is 3.13. The standard InChI is InChI=1S/C19H24F2N4OS/c1-18(2,3)16-25-24-15(27-16)11-22-17(26)23-19(8-4-5-9-19)13-7-6-12(20)10-14(13)21/h6-7,10H,4-5,8-9,11H2,1-3H3,(H2,22,23,26). The monoisotopic (exact) mass is 394 g/mol. The summed E-state index contributed by atoms with van der Waals surface area (Å²) in [5.74, 6) is -1.25. The second-order valence-corrected chi connectivity index (χ2v) is 9.03. The maximum absolute atomic E-state index is 14.3. The average Bonchev–Trinajstić information content (AvgIpc) is 3.22. The van der Waals surface area contributed by atoms with Gasteiger partial charge in [0.2, 0.25) is 0 Å². The summed E-state index contributed by atoms with van der Waals surface area (Å²) < 4.78 is 27.6. The van der Waals surface area contributed by atoms with Crippen LogP contribution in [-0.2, 0) is 17.5 Å². The van der Waals surface area contributed by atoms with Crippen LogP contribution in [0.1, 0.15) is 62.0 Å². The number of rotatable bonds is 4. The number of benzene rings is 1. The molecule has 146 valence electrons. The first-order chi connectivity index (χ1) is 12.7. The lowest BCUT2D eigenvalue weighted by Crippen LogP contribution is -2.48. The number of urea groups is 1. The lowest BCUT2D eigenvalue weighted by Gasteiger charge is -2.31. The van der Waals surface area contributed by atoms with Crippen LogP contribution in [-0.4, -0.2) is 16.2 Å². The normalized spacial score (nSPS) is 16.3. The van der Waals surface area contributed by atoms with Crippen LogP contribution in [0.3, 0.4) is 0 Å². The third kappa shape index (κ3) is 4.43. The number of amides is 2. The topological polar surface area (TPSA) is 66.9 Å². The summed E-state index contributed by atoms with van der Waals surface area (Å²) in [5.41, 5.74) is -0.561. The molecule has 0 aliphatic heterocycles. The SMILES string of the molecule is CC(C)(C)c1nnc(CNC(=O)NC2(c3ccc(F)cc3F)CCCC2)s1. The summed E-state index contributed by atoms with van der Waals surface area (Å²) in [7, 11) is 0. The molecule has 0 bridgehead atoms. The first-order valence-corrected chi connectivity index (χ1v) is 9.86. The Morgan fingerprint density at radius 3 is 2.52 bits per heavy atom. The summed E-state index contributed by atoms with van der Waals surface area (Å²) >= 11 is 1.46.